The highest BCUT2D eigenvalue weighted by Gasteiger charge is 2.19. The number of rotatable bonds is 52. The van der Waals surface area contributed by atoms with E-state index in [9.17, 15) is 14.4 Å². The quantitative estimate of drug-likeness (QED) is 0.0199. The van der Waals surface area contributed by atoms with Crippen molar-refractivity contribution in [3.8, 4) is 0 Å². The van der Waals surface area contributed by atoms with E-state index in [1.807, 2.05) is 0 Å². The van der Waals surface area contributed by atoms with Crippen molar-refractivity contribution in [2.75, 3.05) is 13.2 Å². The van der Waals surface area contributed by atoms with Crippen LogP contribution in [0.15, 0.2) is 72.9 Å². The predicted octanol–water partition coefficient (Wildman–Crippen LogP) is 19.4. The molecule has 0 N–H and O–H groups in total. The molecule has 0 aromatic carbocycles. The Balaban J connectivity index is 4.40. The van der Waals surface area contributed by atoms with Gasteiger partial charge in [0.2, 0.25) is 0 Å². The molecule has 0 aliphatic heterocycles. The maximum absolute atomic E-state index is 12.9. The molecule has 0 saturated heterocycles. The van der Waals surface area contributed by atoms with Crippen molar-refractivity contribution in [2.45, 2.75) is 290 Å². The van der Waals surface area contributed by atoms with Crippen LogP contribution in [0.25, 0.3) is 0 Å². The first-order valence-corrected chi connectivity index (χ1v) is 29.0. The number of carbonyl (C=O) groups excluding carboxylic acids is 3. The van der Waals surface area contributed by atoms with Crippen molar-refractivity contribution in [3.63, 3.8) is 0 Å². The molecule has 1 unspecified atom stereocenters. The molecular formula is C62H108O6. The average Bonchev–Trinajstić information content (AvgIpc) is 3.34. The number of unbranched alkanes of at least 4 members (excludes halogenated alkanes) is 30. The summed E-state index contributed by atoms with van der Waals surface area (Å²) in [7, 11) is 0. The third kappa shape index (κ3) is 53.8. The highest BCUT2D eigenvalue weighted by atomic mass is 16.6. The smallest absolute Gasteiger partial charge is 0.306 e. The van der Waals surface area contributed by atoms with Crippen molar-refractivity contribution in [1.82, 2.24) is 0 Å². The number of carbonyl (C=O) groups is 3. The average molecular weight is 950 g/mol. The lowest BCUT2D eigenvalue weighted by atomic mass is 10.1. The van der Waals surface area contributed by atoms with Crippen LogP contribution in [0.4, 0.5) is 0 Å². The maximum Gasteiger partial charge on any atom is 0.306 e. The number of allylic oxidation sites excluding steroid dienone is 12. The minimum absolute atomic E-state index is 0.0848. The van der Waals surface area contributed by atoms with Gasteiger partial charge in [0.25, 0.3) is 0 Å². The van der Waals surface area contributed by atoms with E-state index in [-0.39, 0.29) is 31.1 Å². The number of ether oxygens (including phenoxy) is 3. The van der Waals surface area contributed by atoms with Gasteiger partial charge in [0, 0.05) is 19.3 Å². The first-order valence-electron chi connectivity index (χ1n) is 29.0. The van der Waals surface area contributed by atoms with Gasteiger partial charge in [-0.15, -0.1) is 0 Å². The Morgan fingerprint density at radius 3 is 1.03 bits per heavy atom. The van der Waals surface area contributed by atoms with Crippen molar-refractivity contribution >= 4 is 17.9 Å². The molecule has 0 aliphatic rings. The molecule has 0 aromatic rings. The summed E-state index contributed by atoms with van der Waals surface area (Å²) in [5.74, 6) is -0.901. The Labute approximate surface area is 421 Å². The van der Waals surface area contributed by atoms with Gasteiger partial charge >= 0.3 is 17.9 Å². The van der Waals surface area contributed by atoms with Crippen LogP contribution >= 0.6 is 0 Å². The Bertz CT molecular complexity index is 1270. The fraction of sp³-hybridized carbons (Fsp3) is 0.758. The lowest BCUT2D eigenvalue weighted by Gasteiger charge is -2.18. The van der Waals surface area contributed by atoms with E-state index >= 15 is 0 Å². The van der Waals surface area contributed by atoms with Crippen molar-refractivity contribution < 1.29 is 28.6 Å². The highest BCUT2D eigenvalue weighted by molar-refractivity contribution is 5.71. The van der Waals surface area contributed by atoms with Crippen molar-refractivity contribution in [1.29, 1.82) is 0 Å². The third-order valence-electron chi connectivity index (χ3n) is 12.4. The van der Waals surface area contributed by atoms with E-state index in [2.05, 4.69) is 93.7 Å². The second-order valence-corrected chi connectivity index (χ2v) is 19.2. The lowest BCUT2D eigenvalue weighted by molar-refractivity contribution is -0.167. The summed E-state index contributed by atoms with van der Waals surface area (Å²) in [6.45, 7) is 6.50. The Hall–Kier alpha value is -3.15. The summed E-state index contributed by atoms with van der Waals surface area (Å²) in [6, 6.07) is 0. The predicted molar refractivity (Wildman–Crippen MR) is 293 cm³/mol. The van der Waals surface area contributed by atoms with Crippen molar-refractivity contribution in [3.05, 3.63) is 72.9 Å². The largest absolute Gasteiger partial charge is 0.462 e. The molecule has 0 radical (unpaired) electrons. The SMILES string of the molecule is CC/C=C\C/C=C\C/C=C\CCCCCCCCCCCC(=O)OCC(COC(=O)CCCCCCCC/C=C\C=C/CCCCC)OC(=O)CCCCCCC/C=C\CCCCCCCCC. The molecule has 0 rings (SSSR count). The van der Waals surface area contributed by atoms with Gasteiger partial charge in [-0.1, -0.05) is 235 Å². The van der Waals surface area contributed by atoms with E-state index in [0.717, 1.165) is 96.3 Å². The van der Waals surface area contributed by atoms with Gasteiger partial charge < -0.3 is 14.2 Å². The molecule has 0 bridgehead atoms. The highest BCUT2D eigenvalue weighted by Crippen LogP contribution is 2.15. The van der Waals surface area contributed by atoms with Gasteiger partial charge in [-0.2, -0.15) is 0 Å². The van der Waals surface area contributed by atoms with Gasteiger partial charge in [-0.25, -0.2) is 0 Å². The zero-order valence-electron chi connectivity index (χ0n) is 44.9. The molecule has 0 heterocycles. The van der Waals surface area contributed by atoms with Crippen LogP contribution in [0.3, 0.4) is 0 Å². The number of esters is 3. The molecule has 0 amide bonds. The fourth-order valence-corrected chi connectivity index (χ4v) is 8.09. The fourth-order valence-electron chi connectivity index (χ4n) is 8.09. The minimum atomic E-state index is -0.787. The summed E-state index contributed by atoms with van der Waals surface area (Å²) >= 11 is 0. The molecule has 68 heavy (non-hydrogen) atoms. The molecule has 392 valence electrons. The monoisotopic (exact) mass is 949 g/mol. The van der Waals surface area contributed by atoms with E-state index in [1.54, 1.807) is 0 Å². The van der Waals surface area contributed by atoms with Crippen LogP contribution in [0, 0.1) is 0 Å². The van der Waals surface area contributed by atoms with E-state index in [1.165, 1.54) is 148 Å². The summed E-state index contributed by atoms with van der Waals surface area (Å²) in [6.07, 6.45) is 71.7. The zero-order chi connectivity index (χ0) is 49.3. The zero-order valence-corrected chi connectivity index (χ0v) is 44.9. The Morgan fingerprint density at radius 2 is 0.618 bits per heavy atom. The van der Waals surface area contributed by atoms with Gasteiger partial charge in [0.1, 0.15) is 13.2 Å². The summed E-state index contributed by atoms with van der Waals surface area (Å²) in [5.41, 5.74) is 0. The Kier molecular flexibility index (Phi) is 53.8. The Morgan fingerprint density at radius 1 is 0.324 bits per heavy atom. The first kappa shape index (κ1) is 64.8. The van der Waals surface area contributed by atoms with Crippen LogP contribution in [0.2, 0.25) is 0 Å². The summed E-state index contributed by atoms with van der Waals surface area (Å²) in [5, 5.41) is 0. The van der Waals surface area contributed by atoms with E-state index in [0.29, 0.717) is 19.3 Å². The summed E-state index contributed by atoms with van der Waals surface area (Å²) in [4.78, 5) is 38.2. The molecule has 0 aliphatic carbocycles. The minimum Gasteiger partial charge on any atom is -0.462 e. The molecule has 0 saturated carbocycles. The van der Waals surface area contributed by atoms with Crippen molar-refractivity contribution in [2.24, 2.45) is 0 Å². The second kappa shape index (κ2) is 56.4. The topological polar surface area (TPSA) is 78.9 Å². The van der Waals surface area contributed by atoms with Crippen LogP contribution in [-0.4, -0.2) is 37.2 Å². The molecule has 0 fully saturated rings. The second-order valence-electron chi connectivity index (χ2n) is 19.2. The van der Waals surface area contributed by atoms with Crippen LogP contribution < -0.4 is 0 Å². The molecule has 0 aromatic heterocycles. The first-order chi connectivity index (χ1) is 33.5. The van der Waals surface area contributed by atoms with Gasteiger partial charge in [0.05, 0.1) is 0 Å². The maximum atomic E-state index is 12.9. The van der Waals surface area contributed by atoms with E-state index < -0.39 is 6.10 Å². The summed E-state index contributed by atoms with van der Waals surface area (Å²) < 4.78 is 16.9. The van der Waals surface area contributed by atoms with Gasteiger partial charge in [-0.3, -0.25) is 14.4 Å². The third-order valence-corrected chi connectivity index (χ3v) is 12.4. The molecule has 0 spiro atoms. The van der Waals surface area contributed by atoms with Crippen LogP contribution in [-0.2, 0) is 28.6 Å². The normalized spacial score (nSPS) is 12.6. The van der Waals surface area contributed by atoms with Crippen LogP contribution in [0.1, 0.15) is 284 Å². The number of hydrogen-bond acceptors (Lipinski definition) is 6. The lowest BCUT2D eigenvalue weighted by Crippen LogP contribution is -2.30. The number of hydrogen-bond donors (Lipinski definition) is 0. The van der Waals surface area contributed by atoms with E-state index in [4.69, 9.17) is 14.2 Å². The molecule has 6 heteroatoms. The van der Waals surface area contributed by atoms with Gasteiger partial charge in [-0.05, 0) is 103 Å². The van der Waals surface area contributed by atoms with Gasteiger partial charge in [0.15, 0.2) is 6.10 Å². The molecular weight excluding hydrogens is 841 g/mol. The standard InChI is InChI=1S/C62H108O6/c1-4-7-10-13-16-19-22-25-28-30-31-32-35-37-40-43-46-49-52-55-61(64)67-58-59(57-66-60(63)54-51-48-45-42-39-36-33-27-24-21-18-15-12-9-6-3)68-62(65)56-53-50-47-44-41-38-34-29-26-23-20-17-14-11-8-5-2/h7,10,16,18-19,21,24-25,27-29,34,59H,4-6,8-9,11-15,17,20,22-23,26,30-33,35-58H2,1-3H3/b10-7-,19-16-,21-18-,27-24-,28-25-,34-29-. The van der Waals surface area contributed by atoms with Crippen LogP contribution in [0.5, 0.6) is 0 Å². The molecule has 1 atom stereocenters. The molecule has 6 nitrogen and oxygen atoms in total.